The quantitative estimate of drug-likeness (QED) is 0.624. The van der Waals surface area contributed by atoms with Crippen LogP contribution in [-0.4, -0.2) is 55.3 Å². The molecule has 0 radical (unpaired) electrons. The second-order valence-corrected chi connectivity index (χ2v) is 9.93. The van der Waals surface area contributed by atoms with Crippen molar-refractivity contribution in [2.24, 2.45) is 5.92 Å². The number of hydrogen-bond acceptors (Lipinski definition) is 6. The topological polar surface area (TPSA) is 81.7 Å². The van der Waals surface area contributed by atoms with Gasteiger partial charge in [0, 0.05) is 18.0 Å². The highest BCUT2D eigenvalue weighted by Gasteiger charge is 2.28. The van der Waals surface area contributed by atoms with Crippen LogP contribution in [0.15, 0.2) is 4.79 Å². The van der Waals surface area contributed by atoms with Gasteiger partial charge in [0.15, 0.2) is 5.65 Å². The van der Waals surface area contributed by atoms with Crippen molar-refractivity contribution in [1.29, 1.82) is 0 Å². The predicted octanol–water partition coefficient (Wildman–Crippen LogP) is 2.17. The molecule has 1 amide bonds. The summed E-state index contributed by atoms with van der Waals surface area (Å²) in [4.78, 5) is 34.8. The molecule has 3 aromatic rings. The zero-order valence-electron chi connectivity index (χ0n) is 17.8. The van der Waals surface area contributed by atoms with Gasteiger partial charge in [0.05, 0.1) is 17.6 Å². The number of hydrogen-bond donors (Lipinski definition) is 0. The van der Waals surface area contributed by atoms with E-state index in [4.69, 9.17) is 9.72 Å². The molecule has 9 heteroatoms. The maximum Gasteiger partial charge on any atom is 0.352 e. The molecule has 3 aromatic heterocycles. The van der Waals surface area contributed by atoms with Gasteiger partial charge in [-0.3, -0.25) is 4.79 Å². The van der Waals surface area contributed by atoms with Crippen molar-refractivity contribution in [2.75, 3.05) is 13.1 Å². The van der Waals surface area contributed by atoms with E-state index in [9.17, 15) is 9.59 Å². The fraction of sp³-hybridized carbons (Fsp3) is 0.619. The summed E-state index contributed by atoms with van der Waals surface area (Å²) in [6.45, 7) is 9.02. The van der Waals surface area contributed by atoms with Gasteiger partial charge in [-0.25, -0.2) is 18.9 Å². The van der Waals surface area contributed by atoms with E-state index >= 15 is 0 Å². The number of nitrogens with zero attached hydrogens (tertiary/aromatic N) is 5. The Morgan fingerprint density at radius 2 is 1.97 bits per heavy atom. The van der Waals surface area contributed by atoms with Crippen LogP contribution in [0.4, 0.5) is 0 Å². The molecule has 5 rings (SSSR count). The maximum atomic E-state index is 13.1. The summed E-state index contributed by atoms with van der Waals surface area (Å²) in [5.74, 6) is 1.17. The van der Waals surface area contributed by atoms with E-state index in [1.165, 1.54) is 15.1 Å². The fourth-order valence-corrected chi connectivity index (χ4v) is 6.24. The number of fused-ring (bicyclic) bond motifs is 5. The molecule has 1 saturated heterocycles. The second kappa shape index (κ2) is 7.16. The lowest BCUT2D eigenvalue weighted by molar-refractivity contribution is -0.144. The third-order valence-electron chi connectivity index (χ3n) is 6.20. The normalized spacial score (nSPS) is 24.5. The Balaban J connectivity index is 1.56. The minimum atomic E-state index is -0.302. The van der Waals surface area contributed by atoms with E-state index in [-0.39, 0.29) is 30.3 Å². The number of ether oxygens (including phenoxy) is 1. The van der Waals surface area contributed by atoms with Crippen LogP contribution in [0, 0.1) is 12.8 Å². The molecule has 0 N–H and O–H groups in total. The number of amides is 1. The Kier molecular flexibility index (Phi) is 4.70. The van der Waals surface area contributed by atoms with Crippen molar-refractivity contribution in [3.63, 3.8) is 0 Å². The van der Waals surface area contributed by atoms with E-state index in [0.29, 0.717) is 30.5 Å². The van der Waals surface area contributed by atoms with Crippen LogP contribution < -0.4 is 5.69 Å². The zero-order chi connectivity index (χ0) is 21.2. The van der Waals surface area contributed by atoms with Gasteiger partial charge >= 0.3 is 5.69 Å². The SMILES string of the molecule is Cc1nc2sc3c(c2c2nn(CC(=O)N4C[C@@H](C)O[C@H](C)C4)c(=O)n12)CC[C@H](C)C3. The Bertz CT molecular complexity index is 1200. The number of aryl methyl sites for hydroxylation is 2. The first-order valence-corrected chi connectivity index (χ1v) is 11.5. The van der Waals surface area contributed by atoms with E-state index < -0.39 is 0 Å². The van der Waals surface area contributed by atoms with Crippen LogP contribution in [0.1, 0.15) is 43.5 Å². The predicted molar refractivity (Wildman–Crippen MR) is 115 cm³/mol. The zero-order valence-corrected chi connectivity index (χ0v) is 18.7. The van der Waals surface area contributed by atoms with E-state index in [1.807, 2.05) is 20.8 Å². The average Bonchev–Trinajstić information content (AvgIpc) is 3.18. The summed E-state index contributed by atoms with van der Waals surface area (Å²) in [6.07, 6.45) is 3.15. The summed E-state index contributed by atoms with van der Waals surface area (Å²) < 4.78 is 8.57. The summed E-state index contributed by atoms with van der Waals surface area (Å²) >= 11 is 1.72. The smallest absolute Gasteiger partial charge is 0.352 e. The van der Waals surface area contributed by atoms with Crippen LogP contribution in [0.3, 0.4) is 0 Å². The Labute approximate surface area is 178 Å². The number of morpholine rings is 1. The van der Waals surface area contributed by atoms with Crippen molar-refractivity contribution in [3.8, 4) is 0 Å². The molecule has 0 saturated carbocycles. The molecule has 0 spiro atoms. The Morgan fingerprint density at radius 1 is 1.23 bits per heavy atom. The van der Waals surface area contributed by atoms with Gasteiger partial charge in [0.2, 0.25) is 5.91 Å². The highest BCUT2D eigenvalue weighted by atomic mass is 32.1. The van der Waals surface area contributed by atoms with Crippen LogP contribution in [0.25, 0.3) is 15.9 Å². The van der Waals surface area contributed by atoms with Crippen molar-refractivity contribution in [2.45, 2.75) is 65.7 Å². The molecule has 4 heterocycles. The minimum absolute atomic E-state index is 0.0127. The first kappa shape index (κ1) is 19.7. The average molecular weight is 430 g/mol. The van der Waals surface area contributed by atoms with Gasteiger partial charge in [-0.1, -0.05) is 6.92 Å². The van der Waals surface area contributed by atoms with Crippen molar-refractivity contribution in [3.05, 3.63) is 26.7 Å². The molecule has 1 aliphatic heterocycles. The van der Waals surface area contributed by atoms with Crippen molar-refractivity contribution < 1.29 is 9.53 Å². The summed E-state index contributed by atoms with van der Waals surface area (Å²) in [7, 11) is 0. The molecule has 0 bridgehead atoms. The van der Waals surface area contributed by atoms with Gasteiger partial charge in [-0.05, 0) is 51.5 Å². The number of thiophene rings is 1. The summed E-state index contributed by atoms with van der Waals surface area (Å²) in [5, 5.41) is 5.62. The third kappa shape index (κ3) is 3.15. The lowest BCUT2D eigenvalue weighted by atomic mass is 9.89. The third-order valence-corrected chi connectivity index (χ3v) is 7.35. The standard InChI is InChI=1S/C21H27N5O3S/c1-11-5-6-15-16(7-11)30-20-18(15)19-23-25(21(28)26(19)14(4)22-20)10-17(27)24-8-12(2)29-13(3)9-24/h11-13H,5-10H2,1-4H3/t11-,12+,13+/m0/s1. The second-order valence-electron chi connectivity index (χ2n) is 8.85. The molecule has 160 valence electrons. The first-order valence-electron chi connectivity index (χ1n) is 10.7. The van der Waals surface area contributed by atoms with Gasteiger partial charge < -0.3 is 9.64 Å². The molecule has 3 atom stereocenters. The van der Waals surface area contributed by atoms with E-state index in [0.717, 1.165) is 29.5 Å². The first-order chi connectivity index (χ1) is 14.3. The van der Waals surface area contributed by atoms with E-state index in [1.54, 1.807) is 20.6 Å². The van der Waals surface area contributed by atoms with Crippen LogP contribution >= 0.6 is 11.3 Å². The number of carbonyl (C=O) groups excluding carboxylic acids is 1. The molecule has 0 aromatic carbocycles. The lowest BCUT2D eigenvalue weighted by Crippen LogP contribution is -2.49. The van der Waals surface area contributed by atoms with Crippen LogP contribution in [0.2, 0.25) is 0 Å². The highest BCUT2D eigenvalue weighted by molar-refractivity contribution is 7.19. The van der Waals surface area contributed by atoms with Gasteiger partial charge in [0.25, 0.3) is 0 Å². The van der Waals surface area contributed by atoms with Crippen molar-refractivity contribution in [1.82, 2.24) is 24.1 Å². The molecule has 8 nitrogen and oxygen atoms in total. The molecule has 0 unspecified atom stereocenters. The Morgan fingerprint density at radius 3 is 2.70 bits per heavy atom. The molecule has 1 aliphatic carbocycles. The molecule has 2 aliphatic rings. The maximum absolute atomic E-state index is 13.1. The van der Waals surface area contributed by atoms with Crippen LogP contribution in [0.5, 0.6) is 0 Å². The molecular weight excluding hydrogens is 402 g/mol. The van der Waals surface area contributed by atoms with Crippen molar-refractivity contribution >= 4 is 33.1 Å². The number of carbonyl (C=O) groups is 1. The molecular formula is C21H27N5O3S. The molecule has 1 fully saturated rings. The van der Waals surface area contributed by atoms with Gasteiger partial charge in [-0.15, -0.1) is 16.4 Å². The van der Waals surface area contributed by atoms with E-state index in [2.05, 4.69) is 12.0 Å². The lowest BCUT2D eigenvalue weighted by Gasteiger charge is -2.35. The highest BCUT2D eigenvalue weighted by Crippen LogP contribution is 2.38. The monoisotopic (exact) mass is 429 g/mol. The fourth-order valence-electron chi connectivity index (χ4n) is 4.82. The van der Waals surface area contributed by atoms with Gasteiger partial charge in [-0.2, -0.15) is 0 Å². The number of aromatic nitrogens is 4. The minimum Gasteiger partial charge on any atom is -0.372 e. The van der Waals surface area contributed by atoms with Crippen LogP contribution in [-0.2, 0) is 28.9 Å². The molecule has 30 heavy (non-hydrogen) atoms. The Hall–Kier alpha value is -2.26. The summed E-state index contributed by atoms with van der Waals surface area (Å²) in [5.41, 5.74) is 1.61. The number of rotatable bonds is 2. The van der Waals surface area contributed by atoms with Gasteiger partial charge in [0.1, 0.15) is 17.2 Å². The summed E-state index contributed by atoms with van der Waals surface area (Å²) in [6, 6.07) is 0. The largest absolute Gasteiger partial charge is 0.372 e.